The standard InChI is InChI=1S/C12H18N2O2/c1-14(12(15)7-8-16-2)11-5-3-10(9-13)4-6-11/h3-6H,7-9,13H2,1-2H3. The Morgan fingerprint density at radius 2 is 2.00 bits per heavy atom. The van der Waals surface area contributed by atoms with Crippen molar-refractivity contribution in [3.8, 4) is 0 Å². The van der Waals surface area contributed by atoms with Crippen LogP contribution < -0.4 is 10.6 Å². The molecule has 0 saturated carbocycles. The van der Waals surface area contributed by atoms with E-state index in [9.17, 15) is 4.79 Å². The summed E-state index contributed by atoms with van der Waals surface area (Å²) in [5.74, 6) is 0.0438. The molecule has 0 saturated heterocycles. The second kappa shape index (κ2) is 6.25. The number of carbonyl (C=O) groups is 1. The molecule has 0 atom stereocenters. The average Bonchev–Trinajstić information content (AvgIpc) is 2.35. The summed E-state index contributed by atoms with van der Waals surface area (Å²) >= 11 is 0. The van der Waals surface area contributed by atoms with E-state index in [4.69, 9.17) is 10.5 Å². The van der Waals surface area contributed by atoms with E-state index < -0.39 is 0 Å². The molecule has 0 aliphatic carbocycles. The van der Waals surface area contributed by atoms with Gasteiger partial charge in [-0.15, -0.1) is 0 Å². The molecular formula is C12H18N2O2. The molecule has 0 aromatic heterocycles. The third kappa shape index (κ3) is 3.32. The van der Waals surface area contributed by atoms with Crippen molar-refractivity contribution in [2.24, 2.45) is 5.73 Å². The van der Waals surface area contributed by atoms with Crippen LogP contribution in [0.4, 0.5) is 5.69 Å². The molecule has 1 aromatic rings. The highest BCUT2D eigenvalue weighted by molar-refractivity contribution is 5.92. The lowest BCUT2D eigenvalue weighted by atomic mass is 10.2. The fourth-order valence-corrected chi connectivity index (χ4v) is 1.36. The van der Waals surface area contributed by atoms with Crippen LogP contribution in [0, 0.1) is 0 Å². The predicted molar refractivity (Wildman–Crippen MR) is 64.2 cm³/mol. The van der Waals surface area contributed by atoms with E-state index in [-0.39, 0.29) is 5.91 Å². The topological polar surface area (TPSA) is 55.6 Å². The van der Waals surface area contributed by atoms with Gasteiger partial charge in [0.25, 0.3) is 0 Å². The molecule has 0 heterocycles. The van der Waals surface area contributed by atoms with Crippen LogP contribution in [0.5, 0.6) is 0 Å². The van der Waals surface area contributed by atoms with Crippen molar-refractivity contribution < 1.29 is 9.53 Å². The lowest BCUT2D eigenvalue weighted by Gasteiger charge is -2.17. The van der Waals surface area contributed by atoms with E-state index >= 15 is 0 Å². The molecule has 1 aromatic carbocycles. The number of rotatable bonds is 5. The molecule has 1 amide bonds. The Balaban J connectivity index is 2.64. The van der Waals surface area contributed by atoms with E-state index in [1.54, 1.807) is 19.1 Å². The average molecular weight is 222 g/mol. The normalized spacial score (nSPS) is 10.2. The highest BCUT2D eigenvalue weighted by atomic mass is 16.5. The first-order valence-electron chi connectivity index (χ1n) is 5.23. The Hall–Kier alpha value is -1.39. The minimum Gasteiger partial charge on any atom is -0.384 e. The van der Waals surface area contributed by atoms with Crippen LogP contribution in [0.2, 0.25) is 0 Å². The summed E-state index contributed by atoms with van der Waals surface area (Å²) in [5, 5.41) is 0. The zero-order chi connectivity index (χ0) is 12.0. The van der Waals surface area contributed by atoms with Crippen molar-refractivity contribution >= 4 is 11.6 Å². The molecule has 1 rings (SSSR count). The molecule has 0 bridgehead atoms. The summed E-state index contributed by atoms with van der Waals surface area (Å²) in [6, 6.07) is 7.64. The fourth-order valence-electron chi connectivity index (χ4n) is 1.36. The maximum absolute atomic E-state index is 11.7. The first-order chi connectivity index (χ1) is 7.69. The number of carbonyl (C=O) groups excluding carboxylic acids is 1. The van der Waals surface area contributed by atoms with Crippen LogP contribution in [0.1, 0.15) is 12.0 Å². The third-order valence-electron chi connectivity index (χ3n) is 2.45. The van der Waals surface area contributed by atoms with Gasteiger partial charge < -0.3 is 15.4 Å². The predicted octanol–water partition coefficient (Wildman–Crippen LogP) is 1.14. The second-order valence-corrected chi connectivity index (χ2v) is 3.57. The van der Waals surface area contributed by atoms with E-state index in [0.29, 0.717) is 19.6 Å². The number of ether oxygens (including phenoxy) is 1. The van der Waals surface area contributed by atoms with E-state index in [1.807, 2.05) is 24.3 Å². The van der Waals surface area contributed by atoms with Crippen molar-refractivity contribution in [3.05, 3.63) is 29.8 Å². The van der Waals surface area contributed by atoms with Gasteiger partial charge in [-0.2, -0.15) is 0 Å². The van der Waals surface area contributed by atoms with Crippen molar-refractivity contribution in [1.82, 2.24) is 0 Å². The number of hydrogen-bond acceptors (Lipinski definition) is 3. The van der Waals surface area contributed by atoms with Gasteiger partial charge in [0, 0.05) is 26.4 Å². The molecular weight excluding hydrogens is 204 g/mol. The summed E-state index contributed by atoms with van der Waals surface area (Å²) in [6.45, 7) is 0.964. The van der Waals surface area contributed by atoms with Gasteiger partial charge in [-0.25, -0.2) is 0 Å². The highest BCUT2D eigenvalue weighted by Gasteiger charge is 2.09. The molecule has 4 heteroatoms. The number of methoxy groups -OCH3 is 1. The van der Waals surface area contributed by atoms with Crippen molar-refractivity contribution in [2.45, 2.75) is 13.0 Å². The van der Waals surface area contributed by atoms with Gasteiger partial charge in [-0.1, -0.05) is 12.1 Å². The second-order valence-electron chi connectivity index (χ2n) is 3.57. The van der Waals surface area contributed by atoms with Crippen molar-refractivity contribution in [2.75, 3.05) is 25.7 Å². The molecule has 0 radical (unpaired) electrons. The van der Waals surface area contributed by atoms with Gasteiger partial charge in [-0.3, -0.25) is 4.79 Å². The maximum Gasteiger partial charge on any atom is 0.229 e. The number of hydrogen-bond donors (Lipinski definition) is 1. The van der Waals surface area contributed by atoms with Crippen LogP contribution in [-0.2, 0) is 16.1 Å². The minimum atomic E-state index is 0.0438. The maximum atomic E-state index is 11.7. The van der Waals surface area contributed by atoms with E-state index in [0.717, 1.165) is 11.3 Å². The highest BCUT2D eigenvalue weighted by Crippen LogP contribution is 2.14. The molecule has 2 N–H and O–H groups in total. The fraction of sp³-hybridized carbons (Fsp3) is 0.417. The van der Waals surface area contributed by atoms with Crippen LogP contribution in [0.25, 0.3) is 0 Å². The Bertz CT molecular complexity index is 335. The van der Waals surface area contributed by atoms with Gasteiger partial charge in [0.15, 0.2) is 0 Å². The molecule has 16 heavy (non-hydrogen) atoms. The quantitative estimate of drug-likeness (QED) is 0.813. The Morgan fingerprint density at radius 3 is 2.50 bits per heavy atom. The van der Waals surface area contributed by atoms with Crippen LogP contribution in [0.15, 0.2) is 24.3 Å². The molecule has 0 fully saturated rings. The Morgan fingerprint density at radius 1 is 1.38 bits per heavy atom. The number of amides is 1. The monoisotopic (exact) mass is 222 g/mol. The van der Waals surface area contributed by atoms with Crippen molar-refractivity contribution in [3.63, 3.8) is 0 Å². The number of benzene rings is 1. The largest absolute Gasteiger partial charge is 0.384 e. The summed E-state index contributed by atoms with van der Waals surface area (Å²) in [7, 11) is 3.35. The van der Waals surface area contributed by atoms with Gasteiger partial charge in [0.2, 0.25) is 5.91 Å². The number of nitrogens with two attached hydrogens (primary N) is 1. The first kappa shape index (κ1) is 12.7. The summed E-state index contributed by atoms with van der Waals surface area (Å²) in [5.41, 5.74) is 7.43. The molecule has 4 nitrogen and oxygen atoms in total. The van der Waals surface area contributed by atoms with Gasteiger partial charge in [-0.05, 0) is 17.7 Å². The SMILES string of the molecule is COCCC(=O)N(C)c1ccc(CN)cc1. The minimum absolute atomic E-state index is 0.0438. The summed E-state index contributed by atoms with van der Waals surface area (Å²) < 4.78 is 4.87. The molecule has 0 aliphatic heterocycles. The molecule has 88 valence electrons. The van der Waals surface area contributed by atoms with Gasteiger partial charge in [0.1, 0.15) is 0 Å². The Labute approximate surface area is 96.0 Å². The third-order valence-corrected chi connectivity index (χ3v) is 2.45. The van der Waals surface area contributed by atoms with Gasteiger partial charge >= 0.3 is 0 Å². The van der Waals surface area contributed by atoms with Crippen LogP contribution in [0.3, 0.4) is 0 Å². The molecule has 0 spiro atoms. The first-order valence-corrected chi connectivity index (χ1v) is 5.23. The van der Waals surface area contributed by atoms with Crippen LogP contribution >= 0.6 is 0 Å². The van der Waals surface area contributed by atoms with Crippen LogP contribution in [-0.4, -0.2) is 26.7 Å². The zero-order valence-corrected chi connectivity index (χ0v) is 9.77. The lowest BCUT2D eigenvalue weighted by molar-refractivity contribution is -0.119. The lowest BCUT2D eigenvalue weighted by Crippen LogP contribution is -2.26. The molecule has 0 aliphatic rings. The van der Waals surface area contributed by atoms with Crippen molar-refractivity contribution in [1.29, 1.82) is 0 Å². The smallest absolute Gasteiger partial charge is 0.229 e. The Kier molecular flexibility index (Phi) is 4.95. The summed E-state index contributed by atoms with van der Waals surface area (Å²) in [6.07, 6.45) is 0.394. The number of anilines is 1. The van der Waals surface area contributed by atoms with E-state index in [1.165, 1.54) is 0 Å². The summed E-state index contributed by atoms with van der Waals surface area (Å²) in [4.78, 5) is 13.3. The number of nitrogens with zero attached hydrogens (tertiary/aromatic N) is 1. The van der Waals surface area contributed by atoms with Gasteiger partial charge in [0.05, 0.1) is 13.0 Å². The zero-order valence-electron chi connectivity index (χ0n) is 9.77. The van der Waals surface area contributed by atoms with E-state index in [2.05, 4.69) is 0 Å². The molecule has 0 unspecified atom stereocenters.